The van der Waals surface area contributed by atoms with Crippen LogP contribution in [0, 0.1) is 35.5 Å². The fourth-order valence-electron chi connectivity index (χ4n) is 1.62. The maximum atomic E-state index is 11.0. The fourth-order valence-corrected chi connectivity index (χ4v) is 1.75. The highest BCUT2D eigenvalue weighted by Crippen LogP contribution is 2.04. The van der Waals surface area contributed by atoms with E-state index in [-0.39, 0.29) is 5.91 Å². The van der Waals surface area contributed by atoms with E-state index in [0.29, 0.717) is 6.42 Å². The first kappa shape index (κ1) is 20.4. The number of halogens is 1. The largest absolute Gasteiger partial charge is 0.359 e. The van der Waals surface area contributed by atoms with Gasteiger partial charge in [0.1, 0.15) is 0 Å². The lowest BCUT2D eigenvalue weighted by Gasteiger charge is -1.94. The molecule has 0 aliphatic rings. The summed E-state index contributed by atoms with van der Waals surface area (Å²) in [6, 6.07) is 0. The second-order valence-electron chi connectivity index (χ2n) is 4.66. The molecule has 0 aromatic carbocycles. The Morgan fingerprint density at radius 2 is 1.55 bits per heavy atom. The third-order valence-electron chi connectivity index (χ3n) is 2.83. The molecule has 0 radical (unpaired) electrons. The normalized spacial score (nSPS) is 9.00. The van der Waals surface area contributed by atoms with Crippen LogP contribution >= 0.6 is 15.9 Å². The van der Waals surface area contributed by atoms with Crippen LogP contribution in [0.4, 0.5) is 0 Å². The van der Waals surface area contributed by atoms with Gasteiger partial charge in [0.05, 0.1) is 0 Å². The summed E-state index contributed by atoms with van der Waals surface area (Å²) < 4.78 is 0. The number of amides is 1. The Hall–Kier alpha value is -1.63. The van der Waals surface area contributed by atoms with Crippen LogP contribution in [-0.4, -0.2) is 13.0 Å². The molecule has 1 amide bonds. The summed E-state index contributed by atoms with van der Waals surface area (Å²) in [6.45, 7) is 0. The van der Waals surface area contributed by atoms with E-state index in [1.165, 1.54) is 12.8 Å². The lowest BCUT2D eigenvalue weighted by molar-refractivity contribution is -0.120. The molecule has 118 valence electrons. The summed E-state index contributed by atoms with van der Waals surface area (Å²) in [7, 11) is 1.65. The zero-order valence-electron chi connectivity index (χ0n) is 13.3. The lowest BCUT2D eigenvalue weighted by atomic mass is 10.1. The van der Waals surface area contributed by atoms with E-state index in [1.807, 2.05) is 0 Å². The molecular formula is C19H24BrNO. The molecule has 0 fully saturated rings. The van der Waals surface area contributed by atoms with Gasteiger partial charge in [0.2, 0.25) is 5.91 Å². The van der Waals surface area contributed by atoms with Crippen molar-refractivity contribution >= 4 is 21.8 Å². The Kier molecular flexibility index (Phi) is 16.1. The predicted molar refractivity (Wildman–Crippen MR) is 97.0 cm³/mol. The van der Waals surface area contributed by atoms with E-state index in [4.69, 9.17) is 0 Å². The minimum absolute atomic E-state index is 0.0680. The van der Waals surface area contributed by atoms with Crippen molar-refractivity contribution in [2.24, 2.45) is 0 Å². The number of allylic oxidation sites excluding steroid dienone is 1. The van der Waals surface area contributed by atoms with Crippen molar-refractivity contribution in [2.45, 2.75) is 57.8 Å². The molecule has 0 bridgehead atoms. The van der Waals surface area contributed by atoms with Crippen LogP contribution in [-0.2, 0) is 4.79 Å². The molecule has 0 heterocycles. The lowest BCUT2D eigenvalue weighted by Crippen LogP contribution is -2.16. The van der Waals surface area contributed by atoms with Gasteiger partial charge in [-0.05, 0) is 42.2 Å². The highest BCUT2D eigenvalue weighted by atomic mass is 79.9. The zero-order valence-corrected chi connectivity index (χ0v) is 14.9. The van der Waals surface area contributed by atoms with Crippen LogP contribution in [0.2, 0.25) is 0 Å². The molecule has 2 nitrogen and oxygen atoms in total. The number of rotatable bonds is 8. The molecule has 0 unspecified atom stereocenters. The van der Waals surface area contributed by atoms with Crippen molar-refractivity contribution in [1.82, 2.24) is 5.32 Å². The third-order valence-corrected chi connectivity index (χ3v) is 3.09. The number of hydrogen-bond acceptors (Lipinski definition) is 1. The molecule has 3 heteroatoms. The van der Waals surface area contributed by atoms with Crippen LogP contribution in [0.3, 0.4) is 0 Å². The summed E-state index contributed by atoms with van der Waals surface area (Å²) in [4.78, 5) is 12.7. The van der Waals surface area contributed by atoms with Gasteiger partial charge in [0, 0.05) is 32.7 Å². The Morgan fingerprint density at radius 1 is 0.955 bits per heavy atom. The molecule has 0 aliphatic carbocycles. The van der Waals surface area contributed by atoms with Gasteiger partial charge >= 0.3 is 0 Å². The van der Waals surface area contributed by atoms with E-state index in [2.05, 4.69) is 56.8 Å². The minimum Gasteiger partial charge on any atom is -0.359 e. The second kappa shape index (κ2) is 17.4. The second-order valence-corrected chi connectivity index (χ2v) is 5.19. The molecule has 0 aromatic rings. The van der Waals surface area contributed by atoms with Crippen molar-refractivity contribution in [3.63, 3.8) is 0 Å². The third kappa shape index (κ3) is 16.4. The first-order valence-corrected chi connectivity index (χ1v) is 8.62. The smallest absolute Gasteiger partial charge is 0.219 e. The maximum absolute atomic E-state index is 11.0. The van der Waals surface area contributed by atoms with E-state index in [1.54, 1.807) is 18.1 Å². The highest BCUT2D eigenvalue weighted by Gasteiger charge is 1.94. The quantitative estimate of drug-likeness (QED) is 0.510. The van der Waals surface area contributed by atoms with Crippen LogP contribution in [0.25, 0.3) is 0 Å². The number of carbonyl (C=O) groups excluding carboxylic acids is 1. The Bertz CT molecular complexity index is 503. The number of unbranched alkanes of at least 4 members (excludes halogenated alkanes) is 6. The first-order valence-electron chi connectivity index (χ1n) is 7.71. The molecule has 0 aromatic heterocycles. The molecule has 0 aliphatic heterocycles. The topological polar surface area (TPSA) is 29.1 Å². The van der Waals surface area contributed by atoms with Gasteiger partial charge < -0.3 is 5.32 Å². The van der Waals surface area contributed by atoms with Gasteiger partial charge in [-0.1, -0.05) is 52.5 Å². The molecular weight excluding hydrogens is 338 g/mol. The Morgan fingerprint density at radius 3 is 2.14 bits per heavy atom. The van der Waals surface area contributed by atoms with Gasteiger partial charge in [-0.15, -0.1) is 0 Å². The van der Waals surface area contributed by atoms with E-state index in [9.17, 15) is 4.79 Å². The minimum atomic E-state index is 0.0680. The van der Waals surface area contributed by atoms with Crippen molar-refractivity contribution in [2.75, 3.05) is 7.05 Å². The first-order chi connectivity index (χ1) is 10.8. The number of nitrogens with one attached hydrogen (secondary N) is 1. The van der Waals surface area contributed by atoms with Crippen LogP contribution in [0.5, 0.6) is 0 Å². The van der Waals surface area contributed by atoms with Crippen molar-refractivity contribution in [3.05, 3.63) is 11.1 Å². The van der Waals surface area contributed by atoms with Crippen molar-refractivity contribution < 1.29 is 4.79 Å². The maximum Gasteiger partial charge on any atom is 0.219 e. The monoisotopic (exact) mass is 361 g/mol. The molecule has 0 atom stereocenters. The van der Waals surface area contributed by atoms with Crippen molar-refractivity contribution in [3.8, 4) is 35.5 Å². The van der Waals surface area contributed by atoms with Gasteiger partial charge in [0.25, 0.3) is 0 Å². The molecule has 0 saturated heterocycles. The highest BCUT2D eigenvalue weighted by molar-refractivity contribution is 9.11. The summed E-state index contributed by atoms with van der Waals surface area (Å²) in [5, 5.41) is 2.59. The summed E-state index contributed by atoms with van der Waals surface area (Å²) in [5.74, 6) is 17.9. The van der Waals surface area contributed by atoms with Crippen LogP contribution in [0.1, 0.15) is 57.8 Å². The Balaban J connectivity index is 3.43. The van der Waals surface area contributed by atoms with Gasteiger partial charge in [-0.25, -0.2) is 0 Å². The average Bonchev–Trinajstić information content (AvgIpc) is 2.54. The van der Waals surface area contributed by atoms with Gasteiger partial charge in [-0.3, -0.25) is 4.79 Å². The van der Waals surface area contributed by atoms with E-state index >= 15 is 0 Å². The van der Waals surface area contributed by atoms with Gasteiger partial charge in [-0.2, -0.15) is 0 Å². The summed E-state index contributed by atoms with van der Waals surface area (Å²) >= 11 is 3.18. The molecule has 0 spiro atoms. The van der Waals surface area contributed by atoms with Crippen LogP contribution in [0.15, 0.2) is 11.1 Å². The van der Waals surface area contributed by atoms with E-state index < -0.39 is 0 Å². The SMILES string of the molecule is CNC(=O)CCCC#CC#CCCCCCCC#C/C=C/Br. The zero-order chi connectivity index (χ0) is 16.3. The molecule has 1 N–H and O–H groups in total. The number of hydrogen-bond donors (Lipinski definition) is 1. The van der Waals surface area contributed by atoms with Gasteiger partial charge in [0.15, 0.2) is 0 Å². The predicted octanol–water partition coefficient (Wildman–Crippen LogP) is 4.16. The van der Waals surface area contributed by atoms with E-state index in [0.717, 1.165) is 38.5 Å². The standard InChI is InChI=1S/C19H24BrNO/c1-21-19(22)17-15-13-11-9-7-5-3-2-4-6-8-10-12-14-16-18-20/h16,18H,2-4,6,8,10,13,15,17H2,1H3,(H,21,22)/b18-16+. The van der Waals surface area contributed by atoms with Crippen LogP contribution < -0.4 is 5.32 Å². The summed E-state index contributed by atoms with van der Waals surface area (Å²) in [6.07, 6.45) is 10.4. The molecule has 0 saturated carbocycles. The summed E-state index contributed by atoms with van der Waals surface area (Å²) in [5.41, 5.74) is 0. The average molecular weight is 362 g/mol. The molecule has 22 heavy (non-hydrogen) atoms. The Labute approximate surface area is 143 Å². The molecule has 0 rings (SSSR count). The number of carbonyl (C=O) groups is 1. The van der Waals surface area contributed by atoms with Crippen molar-refractivity contribution in [1.29, 1.82) is 0 Å². The fraction of sp³-hybridized carbons (Fsp3) is 0.526.